The van der Waals surface area contributed by atoms with Gasteiger partial charge in [0.2, 0.25) is 0 Å². The van der Waals surface area contributed by atoms with E-state index in [1.54, 1.807) is 17.0 Å². The summed E-state index contributed by atoms with van der Waals surface area (Å²) in [6, 6.07) is 6.49. The van der Waals surface area contributed by atoms with E-state index in [0.717, 1.165) is 2.88 Å². The predicted molar refractivity (Wildman–Crippen MR) is 115 cm³/mol. The van der Waals surface area contributed by atoms with E-state index in [2.05, 4.69) is 22.6 Å². The van der Waals surface area contributed by atoms with Crippen molar-refractivity contribution in [2.75, 3.05) is 25.2 Å². The molecular formula is C18H16Cl2INO4S. The number of amides is 1. The summed E-state index contributed by atoms with van der Waals surface area (Å²) < 4.78 is 11.2. The zero-order chi connectivity index (χ0) is 19.6. The predicted octanol–water partition coefficient (Wildman–Crippen LogP) is 5.27. The molecule has 2 heterocycles. The van der Waals surface area contributed by atoms with Crippen LogP contribution >= 0.6 is 57.1 Å². The van der Waals surface area contributed by atoms with Crippen LogP contribution in [0.1, 0.15) is 32.9 Å². The van der Waals surface area contributed by atoms with Gasteiger partial charge in [-0.3, -0.25) is 4.79 Å². The quantitative estimate of drug-likeness (QED) is 0.392. The third-order valence-corrected chi connectivity index (χ3v) is 6.66. The first kappa shape index (κ1) is 20.9. The molecule has 0 spiro atoms. The van der Waals surface area contributed by atoms with Crippen molar-refractivity contribution >= 4 is 74.7 Å². The van der Waals surface area contributed by atoms with Gasteiger partial charge in [-0.15, -0.1) is 11.3 Å². The van der Waals surface area contributed by atoms with Gasteiger partial charge < -0.3 is 14.4 Å². The second-order valence-corrected chi connectivity index (χ2v) is 9.69. The molecule has 1 saturated heterocycles. The second-order valence-electron chi connectivity index (χ2n) is 5.90. The molecule has 1 aliphatic heterocycles. The average molecular weight is 540 g/mol. The van der Waals surface area contributed by atoms with E-state index in [0.29, 0.717) is 47.2 Å². The lowest BCUT2D eigenvalue weighted by Crippen LogP contribution is -2.44. The number of benzene rings is 1. The molecule has 1 aromatic carbocycles. The molecule has 0 unspecified atom stereocenters. The Hall–Kier alpha value is -0.870. The molecule has 1 fully saturated rings. The van der Waals surface area contributed by atoms with Gasteiger partial charge in [0.15, 0.2) is 0 Å². The second kappa shape index (κ2) is 9.09. The van der Waals surface area contributed by atoms with Crippen molar-refractivity contribution in [2.24, 2.45) is 0 Å². The third kappa shape index (κ3) is 4.59. The summed E-state index contributed by atoms with van der Waals surface area (Å²) in [5.74, 6) is -0.743. The van der Waals surface area contributed by atoms with Crippen LogP contribution in [0, 0.1) is 2.88 Å². The molecule has 1 aliphatic rings. The van der Waals surface area contributed by atoms with Crippen LogP contribution in [0.3, 0.4) is 0 Å². The minimum Gasteiger partial charge on any atom is -0.465 e. The first-order chi connectivity index (χ1) is 12.9. The van der Waals surface area contributed by atoms with Crippen LogP contribution in [0.2, 0.25) is 10.0 Å². The molecule has 27 heavy (non-hydrogen) atoms. The smallest absolute Gasteiger partial charge is 0.350 e. The van der Waals surface area contributed by atoms with Gasteiger partial charge in [0.1, 0.15) is 4.88 Å². The number of anilines is 1. The van der Waals surface area contributed by atoms with Gasteiger partial charge in [-0.2, -0.15) is 0 Å². The van der Waals surface area contributed by atoms with Crippen molar-refractivity contribution in [3.63, 3.8) is 0 Å². The maximum atomic E-state index is 13.5. The molecule has 0 saturated carbocycles. The number of methoxy groups -OCH3 is 1. The summed E-state index contributed by atoms with van der Waals surface area (Å²) in [5, 5.41) is 0.726. The third-order valence-electron chi connectivity index (χ3n) is 4.25. The van der Waals surface area contributed by atoms with Gasteiger partial charge in [-0.05, 0) is 59.7 Å². The van der Waals surface area contributed by atoms with Gasteiger partial charge in [0.25, 0.3) is 5.91 Å². The van der Waals surface area contributed by atoms with Crippen molar-refractivity contribution in [3.05, 3.63) is 47.6 Å². The number of ether oxygens (including phenoxy) is 2. The van der Waals surface area contributed by atoms with E-state index >= 15 is 0 Å². The number of nitrogens with zero attached hydrogens (tertiary/aromatic N) is 1. The van der Waals surface area contributed by atoms with Gasteiger partial charge in [0, 0.05) is 24.3 Å². The van der Waals surface area contributed by atoms with E-state index in [1.165, 1.54) is 24.5 Å². The molecule has 5 nitrogen and oxygen atoms in total. The standard InChI is InChI=1S/C18H16Cl2INO4S/c1-25-18(24)16-14(9-15(21)27-16)22(11-4-6-26-7-5-11)17(23)12-3-2-10(19)8-13(12)20/h2-3,8-9,11H,4-7H2,1H3. The van der Waals surface area contributed by atoms with E-state index < -0.39 is 5.97 Å². The summed E-state index contributed by atoms with van der Waals surface area (Å²) in [7, 11) is 1.33. The zero-order valence-corrected chi connectivity index (χ0v) is 18.8. The number of carbonyl (C=O) groups excluding carboxylic acids is 2. The molecule has 0 atom stereocenters. The monoisotopic (exact) mass is 539 g/mol. The zero-order valence-electron chi connectivity index (χ0n) is 14.3. The van der Waals surface area contributed by atoms with Gasteiger partial charge in [-0.25, -0.2) is 4.79 Å². The molecule has 0 radical (unpaired) electrons. The topological polar surface area (TPSA) is 55.8 Å². The molecule has 9 heteroatoms. The highest BCUT2D eigenvalue weighted by Crippen LogP contribution is 2.36. The molecule has 1 aromatic heterocycles. The fourth-order valence-corrected chi connectivity index (χ4v) is 5.22. The van der Waals surface area contributed by atoms with Crippen LogP contribution in [0.25, 0.3) is 0 Å². The van der Waals surface area contributed by atoms with E-state index in [-0.39, 0.29) is 17.0 Å². The van der Waals surface area contributed by atoms with Crippen LogP contribution in [0.5, 0.6) is 0 Å². The number of rotatable bonds is 4. The van der Waals surface area contributed by atoms with Crippen molar-refractivity contribution in [1.29, 1.82) is 0 Å². The van der Waals surface area contributed by atoms with Crippen LogP contribution in [-0.4, -0.2) is 38.2 Å². The van der Waals surface area contributed by atoms with E-state index in [4.69, 9.17) is 32.7 Å². The lowest BCUT2D eigenvalue weighted by Gasteiger charge is -2.34. The Morgan fingerprint density at radius 3 is 2.59 bits per heavy atom. The molecule has 2 aromatic rings. The molecule has 3 rings (SSSR count). The Bertz CT molecular complexity index is 867. The summed E-state index contributed by atoms with van der Waals surface area (Å²) >= 11 is 15.7. The van der Waals surface area contributed by atoms with Crippen molar-refractivity contribution in [1.82, 2.24) is 0 Å². The minimum absolute atomic E-state index is 0.105. The summed E-state index contributed by atoms with van der Waals surface area (Å²) in [4.78, 5) is 27.8. The van der Waals surface area contributed by atoms with Crippen LogP contribution in [-0.2, 0) is 9.47 Å². The number of carbonyl (C=O) groups is 2. The Balaban J connectivity index is 2.09. The SMILES string of the molecule is COC(=O)c1sc(I)cc1N(C(=O)c1ccc(Cl)cc1Cl)C1CCOCC1. The molecule has 0 bridgehead atoms. The normalized spacial score (nSPS) is 14.8. The maximum Gasteiger partial charge on any atom is 0.350 e. The van der Waals surface area contributed by atoms with Gasteiger partial charge in [-0.1, -0.05) is 23.2 Å². The number of hydrogen-bond acceptors (Lipinski definition) is 5. The van der Waals surface area contributed by atoms with Gasteiger partial charge in [0.05, 0.1) is 26.3 Å². The summed E-state index contributed by atoms with van der Waals surface area (Å²) in [5.41, 5.74) is 0.878. The molecular weight excluding hydrogens is 524 g/mol. The Morgan fingerprint density at radius 1 is 1.26 bits per heavy atom. The summed E-state index contributed by atoms with van der Waals surface area (Å²) in [6.07, 6.45) is 1.34. The highest BCUT2D eigenvalue weighted by atomic mass is 127. The lowest BCUT2D eigenvalue weighted by atomic mass is 10.0. The fraction of sp³-hybridized carbons (Fsp3) is 0.333. The number of hydrogen-bond donors (Lipinski definition) is 0. The first-order valence-corrected chi connectivity index (χ1v) is 10.8. The molecule has 0 aliphatic carbocycles. The number of esters is 1. The van der Waals surface area contributed by atoms with E-state index in [9.17, 15) is 9.59 Å². The van der Waals surface area contributed by atoms with Crippen molar-refractivity contribution < 1.29 is 19.1 Å². The fourth-order valence-electron chi connectivity index (χ4n) is 2.98. The molecule has 0 N–H and O–H groups in total. The highest BCUT2D eigenvalue weighted by Gasteiger charge is 2.33. The highest BCUT2D eigenvalue weighted by molar-refractivity contribution is 14.1. The van der Waals surface area contributed by atoms with Crippen LogP contribution in [0.15, 0.2) is 24.3 Å². The maximum absolute atomic E-state index is 13.5. The lowest BCUT2D eigenvalue weighted by molar-refractivity contribution is 0.0606. The van der Waals surface area contributed by atoms with Crippen LogP contribution in [0.4, 0.5) is 5.69 Å². The molecule has 144 valence electrons. The number of thiophene rings is 1. The van der Waals surface area contributed by atoms with Crippen molar-refractivity contribution in [2.45, 2.75) is 18.9 Å². The number of halogens is 3. The Labute approximate surface area is 184 Å². The first-order valence-electron chi connectivity index (χ1n) is 8.16. The molecule has 1 amide bonds. The average Bonchev–Trinajstić information content (AvgIpc) is 3.03. The van der Waals surface area contributed by atoms with Gasteiger partial charge >= 0.3 is 5.97 Å². The Morgan fingerprint density at radius 2 is 1.96 bits per heavy atom. The van der Waals surface area contributed by atoms with E-state index in [1.807, 2.05) is 6.07 Å². The van der Waals surface area contributed by atoms with Crippen molar-refractivity contribution in [3.8, 4) is 0 Å². The Kier molecular flexibility index (Phi) is 7.02. The summed E-state index contributed by atoms with van der Waals surface area (Å²) in [6.45, 7) is 1.11. The van der Waals surface area contributed by atoms with Crippen LogP contribution < -0.4 is 4.90 Å². The minimum atomic E-state index is -0.468. The largest absolute Gasteiger partial charge is 0.465 e.